The van der Waals surface area contributed by atoms with Crippen molar-refractivity contribution >= 4 is 0 Å². The smallest absolute Gasteiger partial charge is 0.125 e. The zero-order valence-electron chi connectivity index (χ0n) is 12.1. The second-order valence-corrected chi connectivity index (χ2v) is 5.20. The molecule has 0 bridgehead atoms. The summed E-state index contributed by atoms with van der Waals surface area (Å²) in [6, 6.07) is 2.36. The number of aryl methyl sites for hydroxylation is 1. The van der Waals surface area contributed by atoms with Crippen LogP contribution in [0, 0.1) is 6.92 Å². The average molecular weight is 263 g/mol. The first-order valence-corrected chi connectivity index (χ1v) is 7.44. The van der Waals surface area contributed by atoms with Crippen LogP contribution in [0.2, 0.25) is 0 Å². The Balaban J connectivity index is 1.84. The van der Waals surface area contributed by atoms with Gasteiger partial charge < -0.3 is 10.1 Å². The minimum absolute atomic E-state index is 0.341. The second kappa shape index (κ2) is 7.56. The summed E-state index contributed by atoms with van der Waals surface area (Å²) in [6.45, 7) is 6.00. The number of hydrogen-bond acceptors (Lipinski definition) is 4. The molecule has 1 aliphatic rings. The lowest BCUT2D eigenvalue weighted by Gasteiger charge is -2.18. The molecule has 0 amide bonds. The van der Waals surface area contributed by atoms with Gasteiger partial charge >= 0.3 is 0 Å². The summed E-state index contributed by atoms with van der Waals surface area (Å²) in [5.41, 5.74) is 1.11. The largest absolute Gasteiger partial charge is 0.378 e. The monoisotopic (exact) mass is 263 g/mol. The summed E-state index contributed by atoms with van der Waals surface area (Å²) < 4.78 is 5.67. The first-order chi connectivity index (χ1) is 9.29. The molecule has 0 aliphatic carbocycles. The zero-order valence-corrected chi connectivity index (χ0v) is 12.1. The third-order valence-corrected chi connectivity index (χ3v) is 3.65. The molecule has 2 heterocycles. The minimum atomic E-state index is 0.341. The summed E-state index contributed by atoms with van der Waals surface area (Å²) in [7, 11) is 0. The lowest BCUT2D eigenvalue weighted by Crippen LogP contribution is -2.22. The van der Waals surface area contributed by atoms with Crippen molar-refractivity contribution in [1.82, 2.24) is 15.3 Å². The van der Waals surface area contributed by atoms with Crippen LogP contribution < -0.4 is 5.32 Å². The predicted molar refractivity (Wildman–Crippen MR) is 76.0 cm³/mol. The Morgan fingerprint density at radius 3 is 3.11 bits per heavy atom. The van der Waals surface area contributed by atoms with E-state index in [-0.39, 0.29) is 0 Å². The molecule has 1 aromatic rings. The van der Waals surface area contributed by atoms with Crippen molar-refractivity contribution in [3.8, 4) is 0 Å². The number of nitrogens with one attached hydrogen (secondary N) is 1. The van der Waals surface area contributed by atoms with Crippen LogP contribution in [0.15, 0.2) is 12.3 Å². The van der Waals surface area contributed by atoms with Crippen LogP contribution in [0.1, 0.15) is 56.6 Å². The SMILES string of the molecule is CCNC(CCCC1CCCO1)c1ccnc(C)n1. The molecule has 0 spiro atoms. The standard InChI is InChI=1S/C15H25N3O/c1-3-16-14(15-9-10-17-12(2)18-15)8-4-6-13-7-5-11-19-13/h9-10,13-14,16H,3-8,11H2,1-2H3. The molecule has 2 rings (SSSR count). The Bertz CT molecular complexity index is 377. The molecule has 106 valence electrons. The first-order valence-electron chi connectivity index (χ1n) is 7.44. The van der Waals surface area contributed by atoms with Crippen LogP contribution in [0.25, 0.3) is 0 Å². The van der Waals surface area contributed by atoms with E-state index in [0.717, 1.165) is 31.1 Å². The lowest BCUT2D eigenvalue weighted by atomic mass is 10.0. The van der Waals surface area contributed by atoms with Gasteiger partial charge in [-0.1, -0.05) is 6.92 Å². The van der Waals surface area contributed by atoms with Crippen LogP contribution in [0.5, 0.6) is 0 Å². The molecule has 1 N–H and O–H groups in total. The van der Waals surface area contributed by atoms with Crippen LogP contribution in [-0.4, -0.2) is 29.2 Å². The molecule has 0 aromatic carbocycles. The summed E-state index contributed by atoms with van der Waals surface area (Å²) in [5, 5.41) is 3.52. The van der Waals surface area contributed by atoms with Crippen molar-refractivity contribution in [2.75, 3.05) is 13.2 Å². The van der Waals surface area contributed by atoms with Gasteiger partial charge in [0.05, 0.1) is 11.8 Å². The molecule has 1 aromatic heterocycles. The Morgan fingerprint density at radius 1 is 1.53 bits per heavy atom. The van der Waals surface area contributed by atoms with Crippen molar-refractivity contribution in [2.45, 2.75) is 58.1 Å². The van der Waals surface area contributed by atoms with E-state index >= 15 is 0 Å². The Kier molecular flexibility index (Phi) is 5.73. The number of rotatable bonds is 7. The van der Waals surface area contributed by atoms with Gasteiger partial charge in [0.2, 0.25) is 0 Å². The normalized spacial score (nSPS) is 20.6. The molecule has 1 aliphatic heterocycles. The highest BCUT2D eigenvalue weighted by Gasteiger charge is 2.17. The Labute approximate surface area is 116 Å². The van der Waals surface area contributed by atoms with Gasteiger partial charge in [-0.05, 0) is 51.6 Å². The fourth-order valence-corrected chi connectivity index (χ4v) is 2.69. The van der Waals surface area contributed by atoms with E-state index in [2.05, 4.69) is 22.2 Å². The van der Waals surface area contributed by atoms with Crippen molar-refractivity contribution in [3.05, 3.63) is 23.8 Å². The topological polar surface area (TPSA) is 47.0 Å². The van der Waals surface area contributed by atoms with E-state index in [1.54, 1.807) is 0 Å². The Morgan fingerprint density at radius 2 is 2.42 bits per heavy atom. The van der Waals surface area contributed by atoms with Gasteiger partial charge in [0, 0.05) is 18.8 Å². The van der Waals surface area contributed by atoms with Crippen molar-refractivity contribution in [1.29, 1.82) is 0 Å². The quantitative estimate of drug-likeness (QED) is 0.821. The maximum Gasteiger partial charge on any atom is 0.125 e. The number of nitrogens with zero attached hydrogens (tertiary/aromatic N) is 2. The van der Waals surface area contributed by atoms with Crippen molar-refractivity contribution in [2.24, 2.45) is 0 Å². The van der Waals surface area contributed by atoms with E-state index < -0.39 is 0 Å². The van der Waals surface area contributed by atoms with E-state index in [1.807, 2.05) is 19.2 Å². The van der Waals surface area contributed by atoms with Crippen LogP contribution in [0.4, 0.5) is 0 Å². The lowest BCUT2D eigenvalue weighted by molar-refractivity contribution is 0.101. The van der Waals surface area contributed by atoms with Gasteiger partial charge in [0.25, 0.3) is 0 Å². The summed E-state index contributed by atoms with van der Waals surface area (Å²) >= 11 is 0. The first kappa shape index (κ1) is 14.4. The van der Waals surface area contributed by atoms with E-state index in [0.29, 0.717) is 12.1 Å². The van der Waals surface area contributed by atoms with Gasteiger partial charge in [-0.3, -0.25) is 0 Å². The second-order valence-electron chi connectivity index (χ2n) is 5.20. The van der Waals surface area contributed by atoms with Gasteiger partial charge in [0.15, 0.2) is 0 Å². The van der Waals surface area contributed by atoms with Gasteiger partial charge in [-0.25, -0.2) is 9.97 Å². The number of ether oxygens (including phenoxy) is 1. The summed E-state index contributed by atoms with van der Waals surface area (Å²) in [6.07, 6.45) is 8.28. The highest BCUT2D eigenvalue weighted by Crippen LogP contribution is 2.22. The number of hydrogen-bond donors (Lipinski definition) is 1. The van der Waals surface area contributed by atoms with Crippen LogP contribution >= 0.6 is 0 Å². The predicted octanol–water partition coefficient (Wildman–Crippen LogP) is 2.78. The highest BCUT2D eigenvalue weighted by molar-refractivity contribution is 5.07. The van der Waals surface area contributed by atoms with E-state index in [4.69, 9.17) is 4.74 Å². The van der Waals surface area contributed by atoms with Gasteiger partial charge in [0.1, 0.15) is 5.82 Å². The number of aromatic nitrogens is 2. The molecule has 0 saturated carbocycles. The molecule has 2 atom stereocenters. The third-order valence-electron chi connectivity index (χ3n) is 3.65. The molecule has 1 fully saturated rings. The molecule has 4 heteroatoms. The van der Waals surface area contributed by atoms with Crippen molar-refractivity contribution < 1.29 is 4.74 Å². The van der Waals surface area contributed by atoms with Crippen molar-refractivity contribution in [3.63, 3.8) is 0 Å². The molecular weight excluding hydrogens is 238 g/mol. The van der Waals surface area contributed by atoms with Gasteiger partial charge in [-0.15, -0.1) is 0 Å². The Hall–Kier alpha value is -1.00. The zero-order chi connectivity index (χ0) is 13.5. The third kappa shape index (κ3) is 4.55. The maximum absolute atomic E-state index is 5.67. The van der Waals surface area contributed by atoms with E-state index in [9.17, 15) is 0 Å². The highest BCUT2D eigenvalue weighted by atomic mass is 16.5. The molecule has 0 radical (unpaired) electrons. The molecular formula is C15H25N3O. The molecule has 2 unspecified atom stereocenters. The fraction of sp³-hybridized carbons (Fsp3) is 0.733. The molecule has 1 saturated heterocycles. The summed E-state index contributed by atoms with van der Waals surface area (Å²) in [4.78, 5) is 8.70. The fourth-order valence-electron chi connectivity index (χ4n) is 2.69. The van der Waals surface area contributed by atoms with Crippen LogP contribution in [-0.2, 0) is 4.74 Å². The average Bonchev–Trinajstić information content (AvgIpc) is 2.91. The maximum atomic E-state index is 5.67. The van der Waals surface area contributed by atoms with Crippen LogP contribution in [0.3, 0.4) is 0 Å². The molecule has 4 nitrogen and oxygen atoms in total. The van der Waals surface area contributed by atoms with E-state index in [1.165, 1.54) is 25.7 Å². The van der Waals surface area contributed by atoms with Gasteiger partial charge in [-0.2, -0.15) is 0 Å². The minimum Gasteiger partial charge on any atom is -0.378 e. The molecule has 19 heavy (non-hydrogen) atoms. The summed E-state index contributed by atoms with van der Waals surface area (Å²) in [5.74, 6) is 0.847.